The van der Waals surface area contributed by atoms with E-state index in [4.69, 9.17) is 9.29 Å². The number of likely N-dealkylation sites (tertiary alicyclic amines) is 1. The highest BCUT2D eigenvalue weighted by molar-refractivity contribution is 7.80. The van der Waals surface area contributed by atoms with Crippen LogP contribution in [0.5, 0.6) is 0 Å². The van der Waals surface area contributed by atoms with Gasteiger partial charge >= 0.3 is 16.4 Å². The monoisotopic (exact) mass is 454 g/mol. The van der Waals surface area contributed by atoms with Gasteiger partial charge in [0.05, 0.1) is 13.6 Å². The maximum atomic E-state index is 11.5. The maximum Gasteiger partial charge on any atom is 0.398 e. The molecule has 164 valence electrons. The second kappa shape index (κ2) is 8.78. The Labute approximate surface area is 173 Å². The molecule has 4 N–H and O–H groups in total. The molecule has 2 aliphatic heterocycles. The zero-order valence-electron chi connectivity index (χ0n) is 15.4. The van der Waals surface area contributed by atoms with E-state index >= 15 is 0 Å². The van der Waals surface area contributed by atoms with E-state index in [1.165, 1.54) is 0 Å². The Hall–Kier alpha value is -1.38. The molecule has 7 unspecified atom stereocenters. The van der Waals surface area contributed by atoms with Crippen molar-refractivity contribution < 1.29 is 58.9 Å². The highest BCUT2D eigenvalue weighted by atomic mass is 35.5. The van der Waals surface area contributed by atoms with Gasteiger partial charge in [0.15, 0.2) is 12.2 Å². The molecular weight excluding hydrogens is 432 g/mol. The fourth-order valence-corrected chi connectivity index (χ4v) is 4.72. The number of aliphatic hydroxyl groups is 2. The molecule has 3 heterocycles. The van der Waals surface area contributed by atoms with Gasteiger partial charge in [-0.1, -0.05) is 6.07 Å². The number of carboxylic acids is 1. The topological polar surface area (TPSA) is 163 Å². The molecular formula is C16H23ClN2O9S. The first-order chi connectivity index (χ1) is 13.0. The van der Waals surface area contributed by atoms with E-state index in [2.05, 4.69) is 9.17 Å². The fraction of sp³-hybridized carbons (Fsp3) is 0.625. The number of likely N-dealkylation sites (N-methyl/N-ethyl adjacent to an activating group) is 1. The van der Waals surface area contributed by atoms with E-state index in [9.17, 15) is 28.5 Å². The number of aromatic nitrogens is 1. The van der Waals surface area contributed by atoms with Crippen molar-refractivity contribution in [3.63, 3.8) is 0 Å². The molecule has 29 heavy (non-hydrogen) atoms. The number of carboxylic acid groups (broad SMARTS) is 1. The summed E-state index contributed by atoms with van der Waals surface area (Å²) in [5.41, 5.74) is 0.823. The molecule has 3 rings (SSSR count). The van der Waals surface area contributed by atoms with Crippen LogP contribution in [0, 0.1) is 0 Å². The van der Waals surface area contributed by atoms with E-state index in [1.54, 1.807) is 25.5 Å². The average Bonchev–Trinajstić information content (AvgIpc) is 3.01. The number of hydrogen-bond acceptors (Lipinski definition) is 8. The molecule has 0 radical (unpaired) electrons. The van der Waals surface area contributed by atoms with Gasteiger partial charge in [0.2, 0.25) is 6.23 Å². The Morgan fingerprint density at radius 1 is 1.34 bits per heavy atom. The molecule has 0 aromatic carbocycles. The number of hydrogen-bond donors (Lipinski definition) is 4. The Morgan fingerprint density at radius 2 is 2.03 bits per heavy atom. The highest BCUT2D eigenvalue weighted by Crippen LogP contribution is 2.43. The number of ether oxygens (including phenoxy) is 1. The lowest BCUT2D eigenvalue weighted by molar-refractivity contribution is -0.976. The van der Waals surface area contributed by atoms with Gasteiger partial charge in [-0.15, -0.1) is 0 Å². The summed E-state index contributed by atoms with van der Waals surface area (Å²) in [6.45, 7) is 0.463. The minimum absolute atomic E-state index is 0. The quantitative estimate of drug-likeness (QED) is 0.255. The number of pyridine rings is 1. The summed E-state index contributed by atoms with van der Waals surface area (Å²) >= 11 is 0. The molecule has 1 aromatic heterocycles. The predicted octanol–water partition coefficient (Wildman–Crippen LogP) is -3.91. The van der Waals surface area contributed by atoms with Gasteiger partial charge in [-0.05, 0) is 6.07 Å². The van der Waals surface area contributed by atoms with Crippen LogP contribution in [0.3, 0.4) is 0 Å². The summed E-state index contributed by atoms with van der Waals surface area (Å²) in [5, 5.41) is 29.8. The van der Waals surface area contributed by atoms with E-state index in [1.807, 2.05) is 6.07 Å². The molecule has 7 atom stereocenters. The first kappa shape index (κ1) is 23.9. The lowest BCUT2D eigenvalue weighted by Crippen LogP contribution is -3.00. The first-order valence-corrected chi connectivity index (χ1v) is 10.1. The summed E-state index contributed by atoms with van der Waals surface area (Å²) in [6, 6.07) is 3.33. The Bertz CT molecular complexity index is 827. The molecule has 1 aromatic rings. The maximum absolute atomic E-state index is 11.5. The van der Waals surface area contributed by atoms with Gasteiger partial charge in [0, 0.05) is 30.8 Å². The molecule has 2 aliphatic rings. The average molecular weight is 455 g/mol. The lowest BCUT2D eigenvalue weighted by Gasteiger charge is -2.49. The minimum atomic E-state index is -5.01. The summed E-state index contributed by atoms with van der Waals surface area (Å²) in [7, 11) is -3.29. The van der Waals surface area contributed by atoms with Crippen LogP contribution >= 0.6 is 0 Å². The molecule has 0 bridgehead atoms. The second-order valence-corrected chi connectivity index (χ2v) is 8.32. The molecule has 2 saturated heterocycles. The summed E-state index contributed by atoms with van der Waals surface area (Å²) in [4.78, 5) is 15.6. The number of aliphatic hydroxyl groups excluding tert-OH is 2. The largest absolute Gasteiger partial charge is 1.00 e. The van der Waals surface area contributed by atoms with Crippen LogP contribution in [0.4, 0.5) is 0 Å². The summed E-state index contributed by atoms with van der Waals surface area (Å²) in [6.07, 6.45) is -3.98. The van der Waals surface area contributed by atoms with E-state index in [0.29, 0.717) is 19.4 Å². The van der Waals surface area contributed by atoms with Gasteiger partial charge in [-0.2, -0.15) is 8.42 Å². The SMILES string of the molecule is C[N+]1(C2OC(C(=O)O)C(O)C(O)C2OS(=O)(=O)O)CCCC1c1cccnc1.[Cl-]. The minimum Gasteiger partial charge on any atom is -1.00 e. The van der Waals surface area contributed by atoms with Crippen LogP contribution in [0.25, 0.3) is 0 Å². The van der Waals surface area contributed by atoms with E-state index in [-0.39, 0.29) is 22.9 Å². The molecule has 0 saturated carbocycles. The Kier molecular flexibility index (Phi) is 7.23. The van der Waals surface area contributed by atoms with Crippen molar-refractivity contribution in [1.82, 2.24) is 4.98 Å². The van der Waals surface area contributed by atoms with Crippen molar-refractivity contribution in [1.29, 1.82) is 0 Å². The van der Waals surface area contributed by atoms with Crippen molar-refractivity contribution in [2.45, 2.75) is 49.5 Å². The van der Waals surface area contributed by atoms with Crippen LogP contribution in [0.2, 0.25) is 0 Å². The van der Waals surface area contributed by atoms with Gasteiger partial charge in [0.25, 0.3) is 0 Å². The zero-order valence-corrected chi connectivity index (χ0v) is 17.0. The molecule has 11 nitrogen and oxygen atoms in total. The number of rotatable bonds is 5. The Morgan fingerprint density at radius 3 is 2.59 bits per heavy atom. The third kappa shape index (κ3) is 4.70. The predicted molar refractivity (Wildman–Crippen MR) is 92.0 cm³/mol. The normalized spacial score (nSPS) is 37.7. The fourth-order valence-electron chi connectivity index (χ4n) is 4.24. The van der Waals surface area contributed by atoms with Crippen LogP contribution in [0.1, 0.15) is 24.4 Å². The molecule has 0 amide bonds. The van der Waals surface area contributed by atoms with Gasteiger partial charge in [-0.3, -0.25) is 14.0 Å². The first-order valence-electron chi connectivity index (χ1n) is 8.69. The highest BCUT2D eigenvalue weighted by Gasteiger charge is 2.59. The van der Waals surface area contributed by atoms with Crippen molar-refractivity contribution in [3.05, 3.63) is 30.1 Å². The number of aliphatic carboxylic acids is 1. The van der Waals surface area contributed by atoms with Crippen molar-refractivity contribution in [2.24, 2.45) is 0 Å². The van der Waals surface area contributed by atoms with Gasteiger partial charge in [-0.25, -0.2) is 8.98 Å². The third-order valence-electron chi connectivity index (χ3n) is 5.52. The molecule has 2 fully saturated rings. The zero-order chi connectivity index (χ0) is 20.7. The molecule has 13 heteroatoms. The van der Waals surface area contributed by atoms with Crippen LogP contribution in [-0.2, 0) is 24.1 Å². The number of halogens is 1. The number of carbonyl (C=O) groups is 1. The molecule has 0 spiro atoms. The van der Waals surface area contributed by atoms with Gasteiger partial charge in [0.1, 0.15) is 18.2 Å². The number of quaternary nitrogens is 1. The van der Waals surface area contributed by atoms with Crippen molar-refractivity contribution in [3.8, 4) is 0 Å². The third-order valence-corrected chi connectivity index (χ3v) is 5.99. The van der Waals surface area contributed by atoms with Crippen molar-refractivity contribution in [2.75, 3.05) is 13.6 Å². The van der Waals surface area contributed by atoms with E-state index in [0.717, 1.165) is 5.56 Å². The molecule has 0 aliphatic carbocycles. The van der Waals surface area contributed by atoms with Crippen molar-refractivity contribution >= 4 is 16.4 Å². The summed E-state index contributed by atoms with van der Waals surface area (Å²) in [5.74, 6) is -1.51. The van der Waals surface area contributed by atoms with E-state index < -0.39 is 47.0 Å². The van der Waals surface area contributed by atoms with Crippen LogP contribution < -0.4 is 12.4 Å². The van der Waals surface area contributed by atoms with Crippen LogP contribution in [0.15, 0.2) is 24.5 Å². The smallest absolute Gasteiger partial charge is 0.398 e. The standard InChI is InChI=1S/C16H22N2O9S.ClH/c1-18(7-3-5-10(18)9-4-2-6-17-8-9)15-13(27-28(23,24)25)11(19)12(20)14(26-15)16(21)22;/h2,4,6,8,10-15,19-20H,3,5,7H2,1H3,(H-,21,22,23,24,25);1H. The number of nitrogens with zero attached hydrogens (tertiary/aromatic N) is 2. The summed E-state index contributed by atoms with van der Waals surface area (Å²) < 4.78 is 42.0. The Balaban J connectivity index is 0.00000300. The van der Waals surface area contributed by atoms with Crippen LogP contribution in [-0.4, -0.2) is 88.0 Å². The lowest BCUT2D eigenvalue weighted by atomic mass is 9.95. The van der Waals surface area contributed by atoms with Gasteiger partial charge < -0.3 is 32.5 Å². The second-order valence-electron chi connectivity index (χ2n) is 7.27.